The Balaban J connectivity index is 3.12. The molecule has 0 saturated heterocycles. The number of carboxylic acid groups (broad SMARTS) is 1. The quantitative estimate of drug-likeness (QED) is 0.854. The van der Waals surface area contributed by atoms with Crippen molar-refractivity contribution >= 4 is 38.2 Å². The van der Waals surface area contributed by atoms with Crippen LogP contribution in [0.2, 0.25) is 0 Å². The molecule has 0 fully saturated rings. The number of aryl methyl sites for hydroxylation is 1. The first-order valence-electron chi connectivity index (χ1n) is 5.19. The maximum atomic E-state index is 12.0. The maximum absolute atomic E-state index is 12.0. The van der Waals surface area contributed by atoms with Gasteiger partial charge in [0.05, 0.1) is 5.69 Å². The molecule has 1 amide bonds. The number of nitrogens with one attached hydrogen (secondary N) is 1. The van der Waals surface area contributed by atoms with Gasteiger partial charge < -0.3 is 10.4 Å². The molecule has 1 heterocycles. The zero-order chi connectivity index (χ0) is 15.0. The molecule has 0 unspecified atom stereocenters. The lowest BCUT2D eigenvalue weighted by Gasteiger charge is -2.20. The van der Waals surface area contributed by atoms with Crippen molar-refractivity contribution in [2.45, 2.75) is 25.5 Å². The lowest BCUT2D eigenvalue weighted by molar-refractivity contribution is -0.117. The lowest BCUT2D eigenvalue weighted by Crippen LogP contribution is -2.43. The van der Waals surface area contributed by atoms with E-state index in [9.17, 15) is 18.0 Å². The average molecular weight is 306 g/mol. The van der Waals surface area contributed by atoms with Gasteiger partial charge >= 0.3 is 5.97 Å². The second kappa shape index (κ2) is 4.89. The monoisotopic (exact) mass is 306 g/mol. The van der Waals surface area contributed by atoms with Crippen molar-refractivity contribution in [2.75, 3.05) is 11.6 Å². The van der Waals surface area contributed by atoms with E-state index in [-0.39, 0.29) is 16.3 Å². The summed E-state index contributed by atoms with van der Waals surface area (Å²) in [4.78, 5) is 23.0. The third-order valence-electron chi connectivity index (χ3n) is 2.78. The second-order valence-corrected chi connectivity index (χ2v) is 7.85. The fourth-order valence-electron chi connectivity index (χ4n) is 1.13. The Labute approximate surface area is 114 Å². The molecule has 1 aromatic heterocycles. The SMILES string of the molecule is Cc1nsc(NC(=O)C(C)(C)S(C)(=O)=O)c1C(=O)O. The molecule has 1 rings (SSSR count). The molecule has 19 heavy (non-hydrogen) atoms. The first-order valence-corrected chi connectivity index (χ1v) is 7.85. The molecule has 106 valence electrons. The number of aromatic carboxylic acids is 1. The molecule has 9 heteroatoms. The van der Waals surface area contributed by atoms with E-state index in [4.69, 9.17) is 5.11 Å². The largest absolute Gasteiger partial charge is 0.478 e. The van der Waals surface area contributed by atoms with E-state index < -0.39 is 26.5 Å². The Hall–Kier alpha value is -1.48. The summed E-state index contributed by atoms with van der Waals surface area (Å²) in [5.74, 6) is -2.01. The minimum absolute atomic E-state index is 0.0340. The van der Waals surface area contributed by atoms with E-state index in [1.165, 1.54) is 20.8 Å². The Morgan fingerprint density at radius 3 is 2.32 bits per heavy atom. The van der Waals surface area contributed by atoms with E-state index in [1.54, 1.807) is 0 Å². The van der Waals surface area contributed by atoms with Crippen LogP contribution < -0.4 is 5.32 Å². The zero-order valence-corrected chi connectivity index (χ0v) is 12.5. The van der Waals surface area contributed by atoms with Crippen LogP contribution in [0.15, 0.2) is 0 Å². The molecule has 0 bridgehead atoms. The van der Waals surface area contributed by atoms with Crippen molar-refractivity contribution in [3.63, 3.8) is 0 Å². The smallest absolute Gasteiger partial charge is 0.340 e. The van der Waals surface area contributed by atoms with Gasteiger partial charge in [0.25, 0.3) is 0 Å². The number of carbonyl (C=O) groups is 2. The van der Waals surface area contributed by atoms with Gasteiger partial charge in [-0.05, 0) is 32.3 Å². The number of carbonyl (C=O) groups excluding carboxylic acids is 1. The van der Waals surface area contributed by atoms with Gasteiger partial charge in [0.1, 0.15) is 15.3 Å². The van der Waals surface area contributed by atoms with E-state index in [0.29, 0.717) is 0 Å². The summed E-state index contributed by atoms with van der Waals surface area (Å²) in [6.45, 7) is 4.01. The molecule has 0 aliphatic heterocycles. The van der Waals surface area contributed by atoms with Crippen molar-refractivity contribution in [2.24, 2.45) is 0 Å². The zero-order valence-electron chi connectivity index (χ0n) is 10.8. The maximum Gasteiger partial charge on any atom is 0.340 e. The van der Waals surface area contributed by atoms with Gasteiger partial charge in [-0.25, -0.2) is 13.2 Å². The molecule has 2 N–H and O–H groups in total. The standard InChI is InChI=1S/C10H14N2O5S2/c1-5-6(8(13)14)7(18-12-5)11-9(15)10(2,3)19(4,16)17/h1-4H3,(H,11,15)(H,13,14). The Bertz CT molecular complexity index is 630. The van der Waals surface area contributed by atoms with Gasteiger partial charge in [0, 0.05) is 6.26 Å². The Morgan fingerprint density at radius 2 is 1.89 bits per heavy atom. The van der Waals surface area contributed by atoms with Gasteiger partial charge in [-0.2, -0.15) is 4.37 Å². The number of carboxylic acids is 1. The van der Waals surface area contributed by atoms with Crippen molar-refractivity contribution in [3.8, 4) is 0 Å². The van der Waals surface area contributed by atoms with Gasteiger partial charge in [-0.15, -0.1) is 0 Å². The predicted octanol–water partition coefficient (Wildman–Crippen LogP) is 0.911. The molecule has 0 saturated carbocycles. The topological polar surface area (TPSA) is 113 Å². The lowest BCUT2D eigenvalue weighted by atomic mass is 10.2. The number of amides is 1. The molecule has 7 nitrogen and oxygen atoms in total. The highest BCUT2D eigenvalue weighted by molar-refractivity contribution is 7.92. The Kier molecular flexibility index (Phi) is 4.01. The number of rotatable bonds is 4. The number of aromatic nitrogens is 1. The summed E-state index contributed by atoms with van der Waals surface area (Å²) in [5.41, 5.74) is 0.146. The van der Waals surface area contributed by atoms with Gasteiger partial charge in [-0.3, -0.25) is 4.79 Å². The average Bonchev–Trinajstić information content (AvgIpc) is 2.57. The summed E-state index contributed by atoms with van der Waals surface area (Å²) in [6.07, 6.45) is 0.947. The highest BCUT2D eigenvalue weighted by atomic mass is 32.2. The van der Waals surface area contributed by atoms with E-state index >= 15 is 0 Å². The normalized spacial score (nSPS) is 12.2. The minimum Gasteiger partial charge on any atom is -0.478 e. The first kappa shape index (κ1) is 15.6. The van der Waals surface area contributed by atoms with E-state index in [1.807, 2.05) is 0 Å². The van der Waals surface area contributed by atoms with Gasteiger partial charge in [-0.1, -0.05) is 0 Å². The molecule has 0 aliphatic carbocycles. The Morgan fingerprint density at radius 1 is 1.37 bits per heavy atom. The van der Waals surface area contributed by atoms with Gasteiger partial charge in [0.2, 0.25) is 5.91 Å². The van der Waals surface area contributed by atoms with Crippen molar-refractivity contribution < 1.29 is 23.1 Å². The predicted molar refractivity (Wildman–Crippen MR) is 71.4 cm³/mol. The van der Waals surface area contributed by atoms with Crippen LogP contribution in [-0.4, -0.2) is 40.8 Å². The molecule has 1 aromatic rings. The summed E-state index contributed by atoms with van der Waals surface area (Å²) in [6, 6.07) is 0. The third kappa shape index (κ3) is 2.92. The number of hydrogen-bond donors (Lipinski definition) is 2. The van der Waals surface area contributed by atoms with Crippen LogP contribution >= 0.6 is 11.5 Å². The van der Waals surface area contributed by atoms with Crippen LogP contribution in [0.4, 0.5) is 5.00 Å². The van der Waals surface area contributed by atoms with Crippen LogP contribution in [0.1, 0.15) is 29.9 Å². The third-order valence-corrected chi connectivity index (χ3v) is 5.67. The van der Waals surface area contributed by atoms with Crippen LogP contribution in [0.5, 0.6) is 0 Å². The summed E-state index contributed by atoms with van der Waals surface area (Å²) < 4.78 is 25.2. The second-order valence-electron chi connectivity index (χ2n) is 4.51. The van der Waals surface area contributed by atoms with Gasteiger partial charge in [0.15, 0.2) is 9.84 Å². The first-order chi connectivity index (χ1) is 8.48. The minimum atomic E-state index is -3.62. The van der Waals surface area contributed by atoms with Crippen LogP contribution in [-0.2, 0) is 14.6 Å². The summed E-state index contributed by atoms with van der Waals surface area (Å²) in [7, 11) is -3.62. The highest BCUT2D eigenvalue weighted by Crippen LogP contribution is 2.26. The van der Waals surface area contributed by atoms with Crippen molar-refractivity contribution in [3.05, 3.63) is 11.3 Å². The van der Waals surface area contributed by atoms with Crippen LogP contribution in [0.25, 0.3) is 0 Å². The number of nitrogens with zero attached hydrogens (tertiary/aromatic N) is 1. The van der Waals surface area contributed by atoms with Crippen molar-refractivity contribution in [1.82, 2.24) is 4.37 Å². The number of anilines is 1. The number of sulfone groups is 1. The summed E-state index contributed by atoms with van der Waals surface area (Å²) in [5, 5.41) is 11.4. The molecular formula is C10H14N2O5S2. The number of hydrogen-bond acceptors (Lipinski definition) is 6. The highest BCUT2D eigenvalue weighted by Gasteiger charge is 2.39. The molecule has 0 aromatic carbocycles. The van der Waals surface area contributed by atoms with E-state index in [0.717, 1.165) is 17.8 Å². The van der Waals surface area contributed by atoms with Crippen LogP contribution in [0.3, 0.4) is 0 Å². The molecule has 0 spiro atoms. The molecular weight excluding hydrogens is 292 g/mol. The van der Waals surface area contributed by atoms with E-state index in [2.05, 4.69) is 9.69 Å². The fourth-order valence-corrected chi connectivity index (χ4v) is 2.30. The summed E-state index contributed by atoms with van der Waals surface area (Å²) >= 11 is 0.802. The molecule has 0 radical (unpaired) electrons. The van der Waals surface area contributed by atoms with Crippen molar-refractivity contribution in [1.29, 1.82) is 0 Å². The fraction of sp³-hybridized carbons (Fsp3) is 0.500. The molecule has 0 atom stereocenters. The molecule has 0 aliphatic rings. The van der Waals surface area contributed by atoms with Crippen LogP contribution in [0, 0.1) is 6.92 Å².